The summed E-state index contributed by atoms with van der Waals surface area (Å²) in [5.74, 6) is 0.398. The fraction of sp³-hybridized carbons (Fsp3) is 0.241. The van der Waals surface area contributed by atoms with Crippen molar-refractivity contribution in [2.75, 3.05) is 11.9 Å². The van der Waals surface area contributed by atoms with E-state index in [0.717, 1.165) is 32.1 Å². The van der Waals surface area contributed by atoms with E-state index in [4.69, 9.17) is 21.3 Å². The third-order valence-electron chi connectivity index (χ3n) is 6.75. The minimum Gasteiger partial charge on any atom is -0.483 e. The highest BCUT2D eigenvalue weighted by molar-refractivity contribution is 6.30. The molecular weight excluding hydrogens is 534 g/mol. The molecule has 1 saturated carbocycles. The first kappa shape index (κ1) is 27.0. The molecule has 1 aliphatic rings. The number of hydrogen-bond donors (Lipinski definition) is 1. The number of nitrogens with zero attached hydrogens (tertiary/aromatic N) is 4. The standard InChI is InChI=1S/C29H26ClN5O5/c30-21-10-12-22(13-11-21)32-27(36)18-40-26-15-14-23(35(38)39)16-20(26)17-31-34-28(19-6-2-1-3-7-19)33-25-9-5-4-8-24(25)29(34)37/h4-5,8-17,19H,1-3,6-7,18H2,(H,32,36). The highest BCUT2D eigenvalue weighted by Crippen LogP contribution is 2.32. The van der Waals surface area contributed by atoms with E-state index >= 15 is 0 Å². The summed E-state index contributed by atoms with van der Waals surface area (Å²) in [4.78, 5) is 41.7. The van der Waals surface area contributed by atoms with E-state index < -0.39 is 10.8 Å². The zero-order chi connectivity index (χ0) is 28.1. The summed E-state index contributed by atoms with van der Waals surface area (Å²) in [6, 6.07) is 17.7. The van der Waals surface area contributed by atoms with Crippen LogP contribution in [0.25, 0.3) is 10.9 Å². The van der Waals surface area contributed by atoms with Crippen LogP contribution in [0.3, 0.4) is 0 Å². The predicted molar refractivity (Wildman–Crippen MR) is 153 cm³/mol. The largest absolute Gasteiger partial charge is 0.483 e. The summed E-state index contributed by atoms with van der Waals surface area (Å²) in [6.07, 6.45) is 6.35. The molecule has 0 aliphatic heterocycles. The highest BCUT2D eigenvalue weighted by atomic mass is 35.5. The Labute approximate surface area is 234 Å². The number of benzene rings is 3. The van der Waals surface area contributed by atoms with Crippen LogP contribution in [0.1, 0.15) is 49.4 Å². The molecule has 0 unspecified atom stereocenters. The molecular formula is C29H26ClN5O5. The number of anilines is 1. The van der Waals surface area contributed by atoms with Crippen molar-refractivity contribution in [1.29, 1.82) is 0 Å². The highest BCUT2D eigenvalue weighted by Gasteiger charge is 2.22. The maximum absolute atomic E-state index is 13.5. The number of non-ortho nitro benzene ring substituents is 1. The maximum Gasteiger partial charge on any atom is 0.282 e. The molecule has 0 bridgehead atoms. The van der Waals surface area contributed by atoms with Gasteiger partial charge in [-0.15, -0.1) is 0 Å². The summed E-state index contributed by atoms with van der Waals surface area (Å²) in [7, 11) is 0. The first-order valence-corrected chi connectivity index (χ1v) is 13.3. The minimum absolute atomic E-state index is 0.0700. The lowest BCUT2D eigenvalue weighted by molar-refractivity contribution is -0.384. The topological polar surface area (TPSA) is 129 Å². The molecule has 4 aromatic rings. The van der Waals surface area contributed by atoms with Gasteiger partial charge in [0.15, 0.2) is 6.61 Å². The van der Waals surface area contributed by atoms with Crippen LogP contribution >= 0.6 is 11.6 Å². The normalized spacial score (nSPS) is 13.9. The van der Waals surface area contributed by atoms with Crippen molar-refractivity contribution in [2.24, 2.45) is 5.10 Å². The molecule has 3 aromatic carbocycles. The Bertz CT molecular complexity index is 1650. The van der Waals surface area contributed by atoms with Crippen LogP contribution in [0, 0.1) is 10.1 Å². The van der Waals surface area contributed by atoms with Crippen LogP contribution in [0.4, 0.5) is 11.4 Å². The molecule has 10 nitrogen and oxygen atoms in total. The number of nitrogens with one attached hydrogen (secondary N) is 1. The van der Waals surface area contributed by atoms with E-state index in [-0.39, 0.29) is 35.1 Å². The number of ether oxygens (including phenoxy) is 1. The van der Waals surface area contributed by atoms with Gasteiger partial charge in [0.05, 0.1) is 22.0 Å². The number of fused-ring (bicyclic) bond motifs is 1. The Morgan fingerprint density at radius 1 is 1.12 bits per heavy atom. The average Bonchev–Trinajstić information content (AvgIpc) is 2.97. The summed E-state index contributed by atoms with van der Waals surface area (Å²) in [5, 5.41) is 19.6. The number of nitro benzene ring substituents is 1. The van der Waals surface area contributed by atoms with E-state index in [1.54, 1.807) is 42.5 Å². The molecule has 0 spiro atoms. The summed E-state index contributed by atoms with van der Waals surface area (Å²) >= 11 is 5.89. The van der Waals surface area contributed by atoms with Crippen LogP contribution in [0.15, 0.2) is 76.6 Å². The van der Waals surface area contributed by atoms with Crippen molar-refractivity contribution in [3.05, 3.63) is 104 Å². The second-order valence-electron chi connectivity index (χ2n) is 9.51. The van der Waals surface area contributed by atoms with Gasteiger partial charge in [0.1, 0.15) is 11.6 Å². The zero-order valence-electron chi connectivity index (χ0n) is 21.5. The molecule has 204 valence electrons. The van der Waals surface area contributed by atoms with E-state index in [9.17, 15) is 19.7 Å². The van der Waals surface area contributed by atoms with Crippen LogP contribution in [0.5, 0.6) is 5.75 Å². The number of carbonyl (C=O) groups is 1. The molecule has 1 aliphatic carbocycles. The first-order valence-electron chi connectivity index (χ1n) is 12.9. The van der Waals surface area contributed by atoms with Gasteiger partial charge in [0.25, 0.3) is 17.2 Å². The molecule has 1 fully saturated rings. The van der Waals surface area contributed by atoms with Crippen molar-refractivity contribution in [1.82, 2.24) is 9.66 Å². The van der Waals surface area contributed by atoms with Gasteiger partial charge >= 0.3 is 0 Å². The van der Waals surface area contributed by atoms with Crippen molar-refractivity contribution < 1.29 is 14.5 Å². The number of rotatable bonds is 8. The Kier molecular flexibility index (Phi) is 8.16. The SMILES string of the molecule is O=C(COc1ccc([N+](=O)[O-])cc1C=Nn1c(C2CCCCC2)nc2ccccc2c1=O)Nc1ccc(Cl)cc1. The Morgan fingerprint density at radius 3 is 2.62 bits per heavy atom. The third-order valence-corrected chi connectivity index (χ3v) is 7.00. The van der Waals surface area contributed by atoms with Crippen molar-refractivity contribution in [3.8, 4) is 5.75 Å². The van der Waals surface area contributed by atoms with Crippen LogP contribution < -0.4 is 15.6 Å². The summed E-state index contributed by atoms with van der Waals surface area (Å²) in [5.41, 5.74) is 0.879. The number of carbonyl (C=O) groups excluding carboxylic acids is 1. The lowest BCUT2D eigenvalue weighted by Crippen LogP contribution is -2.25. The van der Waals surface area contributed by atoms with E-state index in [1.165, 1.54) is 29.1 Å². The second-order valence-corrected chi connectivity index (χ2v) is 9.94. The molecule has 40 heavy (non-hydrogen) atoms. The molecule has 1 aromatic heterocycles. The molecule has 0 radical (unpaired) electrons. The van der Waals surface area contributed by atoms with Gasteiger partial charge < -0.3 is 10.1 Å². The smallest absolute Gasteiger partial charge is 0.282 e. The molecule has 0 saturated heterocycles. The third kappa shape index (κ3) is 6.18. The maximum atomic E-state index is 13.5. The van der Waals surface area contributed by atoms with Crippen LogP contribution in [0.2, 0.25) is 5.02 Å². The fourth-order valence-corrected chi connectivity index (χ4v) is 4.88. The first-order chi connectivity index (χ1) is 19.4. The van der Waals surface area contributed by atoms with Gasteiger partial charge in [-0.2, -0.15) is 9.78 Å². The van der Waals surface area contributed by atoms with Gasteiger partial charge in [-0.1, -0.05) is 43.0 Å². The van der Waals surface area contributed by atoms with Gasteiger partial charge in [-0.05, 0) is 55.3 Å². The predicted octanol–water partition coefficient (Wildman–Crippen LogP) is 5.91. The van der Waals surface area contributed by atoms with Crippen molar-refractivity contribution >= 4 is 46.0 Å². The Hall–Kier alpha value is -4.57. The van der Waals surface area contributed by atoms with Crippen molar-refractivity contribution in [2.45, 2.75) is 38.0 Å². The Morgan fingerprint density at radius 2 is 1.88 bits per heavy atom. The van der Waals surface area contributed by atoms with E-state index in [2.05, 4.69) is 10.4 Å². The molecule has 1 amide bonds. The van der Waals surface area contributed by atoms with Crippen molar-refractivity contribution in [3.63, 3.8) is 0 Å². The molecule has 5 rings (SSSR count). The fourth-order valence-electron chi connectivity index (χ4n) is 4.75. The molecule has 11 heteroatoms. The van der Waals surface area contributed by atoms with E-state index in [1.807, 2.05) is 6.07 Å². The zero-order valence-corrected chi connectivity index (χ0v) is 22.2. The second kappa shape index (κ2) is 12.1. The monoisotopic (exact) mass is 559 g/mol. The lowest BCUT2D eigenvalue weighted by Gasteiger charge is -2.22. The summed E-state index contributed by atoms with van der Waals surface area (Å²) < 4.78 is 7.00. The molecule has 1 N–H and O–H groups in total. The quantitative estimate of drug-likeness (QED) is 0.162. The number of halogens is 1. The number of aromatic nitrogens is 2. The minimum atomic E-state index is -0.536. The molecule has 1 heterocycles. The van der Waals surface area contributed by atoms with Gasteiger partial charge in [-0.3, -0.25) is 19.7 Å². The van der Waals surface area contributed by atoms with Gasteiger partial charge in [0, 0.05) is 34.3 Å². The Balaban J connectivity index is 1.46. The number of hydrogen-bond acceptors (Lipinski definition) is 7. The van der Waals surface area contributed by atoms with Gasteiger partial charge in [0.2, 0.25) is 0 Å². The molecule has 0 atom stereocenters. The number of amides is 1. The number of nitro groups is 1. The lowest BCUT2D eigenvalue weighted by atomic mass is 9.88. The van der Waals surface area contributed by atoms with Crippen LogP contribution in [-0.4, -0.2) is 33.3 Å². The van der Waals surface area contributed by atoms with Gasteiger partial charge in [-0.25, -0.2) is 4.98 Å². The average molecular weight is 560 g/mol. The van der Waals surface area contributed by atoms with Crippen LogP contribution in [-0.2, 0) is 4.79 Å². The number of para-hydroxylation sites is 1. The summed E-state index contributed by atoms with van der Waals surface area (Å²) in [6.45, 7) is -0.355. The van der Waals surface area contributed by atoms with E-state index in [0.29, 0.717) is 27.4 Å².